The zero-order valence-electron chi connectivity index (χ0n) is 10.2. The third-order valence-electron chi connectivity index (χ3n) is 2.77. The topological polar surface area (TPSA) is 46.2 Å². The van der Waals surface area contributed by atoms with E-state index in [0.717, 1.165) is 10.9 Å². The fraction of sp³-hybridized carbons (Fsp3) is 0.538. The smallest absolute Gasteiger partial charge is 0.128 e. The molecule has 0 unspecified atom stereocenters. The molecule has 0 radical (unpaired) electrons. The molecule has 1 rings (SSSR count). The lowest BCUT2D eigenvalue weighted by molar-refractivity contribution is 0.127. The molecule has 0 saturated carbocycles. The molecule has 17 heavy (non-hydrogen) atoms. The molecule has 2 atom stereocenters. The van der Waals surface area contributed by atoms with Crippen LogP contribution < -0.4 is 5.73 Å². The van der Waals surface area contributed by atoms with Crippen LogP contribution in [0.25, 0.3) is 0 Å². The summed E-state index contributed by atoms with van der Waals surface area (Å²) in [5.74, 6) is 0.133. The monoisotopic (exact) mass is 303 g/mol. The average molecular weight is 304 g/mol. The van der Waals surface area contributed by atoms with Crippen LogP contribution in [0.4, 0.5) is 4.39 Å². The molecular formula is C13H19BrFNO. The fourth-order valence-corrected chi connectivity index (χ4v) is 2.04. The van der Waals surface area contributed by atoms with Crippen LogP contribution in [0, 0.1) is 11.7 Å². The molecule has 4 heteroatoms. The van der Waals surface area contributed by atoms with Gasteiger partial charge in [-0.15, -0.1) is 0 Å². The van der Waals surface area contributed by atoms with E-state index in [1.807, 2.05) is 0 Å². The van der Waals surface area contributed by atoms with E-state index in [-0.39, 0.29) is 5.82 Å². The maximum Gasteiger partial charge on any atom is 0.128 e. The predicted molar refractivity (Wildman–Crippen MR) is 71.1 cm³/mol. The Morgan fingerprint density at radius 3 is 2.59 bits per heavy atom. The minimum absolute atomic E-state index is 0.357. The van der Waals surface area contributed by atoms with Gasteiger partial charge in [0, 0.05) is 10.0 Å². The van der Waals surface area contributed by atoms with Crippen molar-refractivity contribution < 1.29 is 9.50 Å². The second kappa shape index (κ2) is 6.47. The van der Waals surface area contributed by atoms with Crippen molar-refractivity contribution in [3.8, 4) is 0 Å². The summed E-state index contributed by atoms with van der Waals surface area (Å²) in [7, 11) is 0. The van der Waals surface area contributed by atoms with Crippen LogP contribution in [-0.2, 0) is 0 Å². The average Bonchev–Trinajstić information content (AvgIpc) is 2.28. The van der Waals surface area contributed by atoms with Gasteiger partial charge in [0.25, 0.3) is 0 Å². The van der Waals surface area contributed by atoms with Crippen LogP contribution in [0.2, 0.25) is 0 Å². The fourth-order valence-electron chi connectivity index (χ4n) is 1.66. The van der Waals surface area contributed by atoms with Crippen LogP contribution in [0.5, 0.6) is 0 Å². The summed E-state index contributed by atoms with van der Waals surface area (Å²) >= 11 is 3.27. The Morgan fingerprint density at radius 1 is 1.35 bits per heavy atom. The van der Waals surface area contributed by atoms with Gasteiger partial charge >= 0.3 is 0 Å². The number of nitrogens with two attached hydrogens (primary N) is 1. The second-order valence-electron chi connectivity index (χ2n) is 4.73. The third kappa shape index (κ3) is 4.37. The van der Waals surface area contributed by atoms with E-state index in [1.54, 1.807) is 12.1 Å². The summed E-state index contributed by atoms with van der Waals surface area (Å²) in [6.07, 6.45) is 0.760. The maximum absolute atomic E-state index is 13.6. The van der Waals surface area contributed by atoms with Crippen molar-refractivity contribution in [1.29, 1.82) is 0 Å². The molecule has 1 aromatic carbocycles. The molecule has 0 aliphatic heterocycles. The highest BCUT2D eigenvalue weighted by Gasteiger charge is 2.20. The van der Waals surface area contributed by atoms with E-state index in [9.17, 15) is 9.50 Å². The minimum atomic E-state index is -0.707. The first-order valence-electron chi connectivity index (χ1n) is 5.80. The zero-order chi connectivity index (χ0) is 13.0. The highest BCUT2D eigenvalue weighted by molar-refractivity contribution is 9.10. The van der Waals surface area contributed by atoms with Crippen molar-refractivity contribution in [2.75, 3.05) is 0 Å². The summed E-state index contributed by atoms with van der Waals surface area (Å²) in [5, 5.41) is 9.93. The number of hydrogen-bond acceptors (Lipinski definition) is 2. The second-order valence-corrected chi connectivity index (χ2v) is 5.65. The van der Waals surface area contributed by atoms with Crippen molar-refractivity contribution in [3.05, 3.63) is 34.1 Å². The molecule has 0 saturated heterocycles. The van der Waals surface area contributed by atoms with Gasteiger partial charge in [0.2, 0.25) is 0 Å². The van der Waals surface area contributed by atoms with Gasteiger partial charge in [0.1, 0.15) is 5.82 Å². The standard InChI is InChI=1S/C13H19BrFNO/c1-8(2)3-6-12(17)13(16)10-7-9(14)4-5-11(10)15/h4-5,7-8,12-13,17H,3,6,16H2,1-2H3/t12-,13+/m0/s1. The summed E-state index contributed by atoms with van der Waals surface area (Å²) in [4.78, 5) is 0. The van der Waals surface area contributed by atoms with Gasteiger partial charge in [-0.25, -0.2) is 4.39 Å². The van der Waals surface area contributed by atoms with Crippen LogP contribution in [0.1, 0.15) is 38.3 Å². The van der Waals surface area contributed by atoms with Gasteiger partial charge in [-0.05, 0) is 37.0 Å². The van der Waals surface area contributed by atoms with Crippen LogP contribution in [0.15, 0.2) is 22.7 Å². The van der Waals surface area contributed by atoms with Gasteiger partial charge in [-0.2, -0.15) is 0 Å². The molecule has 0 fully saturated rings. The van der Waals surface area contributed by atoms with E-state index < -0.39 is 12.1 Å². The lowest BCUT2D eigenvalue weighted by atomic mass is 9.96. The first-order valence-corrected chi connectivity index (χ1v) is 6.59. The van der Waals surface area contributed by atoms with E-state index in [1.165, 1.54) is 6.07 Å². The Hall–Kier alpha value is -0.450. The first-order chi connectivity index (χ1) is 7.91. The van der Waals surface area contributed by atoms with Gasteiger partial charge in [-0.3, -0.25) is 0 Å². The number of aliphatic hydroxyl groups excluding tert-OH is 1. The SMILES string of the molecule is CC(C)CC[C@H](O)[C@H](N)c1cc(Br)ccc1F. The number of benzene rings is 1. The molecule has 0 aromatic heterocycles. The van der Waals surface area contributed by atoms with Gasteiger partial charge in [0.15, 0.2) is 0 Å². The number of rotatable bonds is 5. The first kappa shape index (κ1) is 14.6. The van der Waals surface area contributed by atoms with E-state index in [4.69, 9.17) is 5.73 Å². The summed E-state index contributed by atoms with van der Waals surface area (Å²) in [6.45, 7) is 4.16. The normalized spacial score (nSPS) is 15.0. The number of halogens is 2. The van der Waals surface area contributed by atoms with Crippen molar-refractivity contribution in [3.63, 3.8) is 0 Å². The molecule has 1 aromatic rings. The summed E-state index contributed by atoms with van der Waals surface area (Å²) in [6, 6.07) is 3.92. The van der Waals surface area contributed by atoms with Gasteiger partial charge in [0.05, 0.1) is 12.1 Å². The van der Waals surface area contributed by atoms with E-state index in [0.29, 0.717) is 17.9 Å². The van der Waals surface area contributed by atoms with E-state index >= 15 is 0 Å². The molecule has 0 aliphatic carbocycles. The third-order valence-corrected chi connectivity index (χ3v) is 3.26. The van der Waals surface area contributed by atoms with Crippen molar-refractivity contribution in [2.45, 2.75) is 38.8 Å². The number of hydrogen-bond donors (Lipinski definition) is 2. The lowest BCUT2D eigenvalue weighted by Crippen LogP contribution is -2.27. The molecule has 0 spiro atoms. The Bertz CT molecular complexity index is 370. The van der Waals surface area contributed by atoms with Crippen molar-refractivity contribution in [1.82, 2.24) is 0 Å². The van der Waals surface area contributed by atoms with E-state index in [2.05, 4.69) is 29.8 Å². The molecule has 0 heterocycles. The Kier molecular flexibility index (Phi) is 5.56. The van der Waals surface area contributed by atoms with Crippen molar-refractivity contribution >= 4 is 15.9 Å². The molecule has 0 amide bonds. The molecule has 0 bridgehead atoms. The summed E-state index contributed by atoms with van der Waals surface area (Å²) < 4.78 is 14.3. The molecular weight excluding hydrogens is 285 g/mol. The Balaban J connectivity index is 2.74. The maximum atomic E-state index is 13.6. The Labute approximate surface area is 110 Å². The predicted octanol–water partition coefficient (Wildman–Crippen LogP) is 3.39. The molecule has 96 valence electrons. The zero-order valence-corrected chi connectivity index (χ0v) is 11.7. The number of aliphatic hydroxyl groups is 1. The highest BCUT2D eigenvalue weighted by atomic mass is 79.9. The van der Waals surface area contributed by atoms with Gasteiger partial charge in [-0.1, -0.05) is 29.8 Å². The molecule has 0 aliphatic rings. The minimum Gasteiger partial charge on any atom is -0.391 e. The van der Waals surface area contributed by atoms with Gasteiger partial charge < -0.3 is 10.8 Å². The molecule has 2 nitrogen and oxygen atoms in total. The van der Waals surface area contributed by atoms with Crippen LogP contribution >= 0.6 is 15.9 Å². The largest absolute Gasteiger partial charge is 0.391 e. The van der Waals surface area contributed by atoms with Crippen LogP contribution in [-0.4, -0.2) is 11.2 Å². The molecule has 3 N–H and O–H groups in total. The van der Waals surface area contributed by atoms with Crippen LogP contribution in [0.3, 0.4) is 0 Å². The lowest BCUT2D eigenvalue weighted by Gasteiger charge is -2.20. The van der Waals surface area contributed by atoms with Crippen molar-refractivity contribution in [2.24, 2.45) is 11.7 Å². The summed E-state index contributed by atoms with van der Waals surface area (Å²) in [5.41, 5.74) is 6.24. The highest BCUT2D eigenvalue weighted by Crippen LogP contribution is 2.24. The quantitative estimate of drug-likeness (QED) is 0.876. The Morgan fingerprint density at radius 2 is 2.00 bits per heavy atom.